The lowest BCUT2D eigenvalue weighted by atomic mass is 10.2. The zero-order chi connectivity index (χ0) is 13.8. The summed E-state index contributed by atoms with van der Waals surface area (Å²) in [4.78, 5) is 8.37. The van der Waals surface area contributed by atoms with Crippen LogP contribution in [0.3, 0.4) is 0 Å². The van der Waals surface area contributed by atoms with Crippen LogP contribution in [0, 0.1) is 0 Å². The van der Waals surface area contributed by atoms with E-state index in [2.05, 4.69) is 14.7 Å². The van der Waals surface area contributed by atoms with Crippen LogP contribution >= 0.6 is 0 Å². The van der Waals surface area contributed by atoms with Crippen molar-refractivity contribution in [2.24, 2.45) is 0 Å². The van der Waals surface area contributed by atoms with E-state index in [0.29, 0.717) is 13.2 Å². The van der Waals surface area contributed by atoms with Crippen molar-refractivity contribution < 1.29 is 14.9 Å². The Balaban J connectivity index is 0.000000224. The number of aliphatic hydroxyl groups excluding tert-OH is 2. The summed E-state index contributed by atoms with van der Waals surface area (Å²) in [6.45, 7) is 0.696. The first-order chi connectivity index (χ1) is 9.38. The minimum Gasteiger partial charge on any atom is -0.394 e. The highest BCUT2D eigenvalue weighted by Gasteiger charge is 1.95. The summed E-state index contributed by atoms with van der Waals surface area (Å²) in [6, 6.07) is 11.6. The summed E-state index contributed by atoms with van der Waals surface area (Å²) in [5.74, 6) is 0. The molecule has 2 N–H and O–H groups in total. The molecule has 0 unspecified atom stereocenters. The summed E-state index contributed by atoms with van der Waals surface area (Å²) < 4.78 is 4.63. The van der Waals surface area contributed by atoms with Gasteiger partial charge in [0.05, 0.1) is 37.8 Å². The Morgan fingerprint density at radius 3 is 1.58 bits per heavy atom. The molecule has 5 heteroatoms. The van der Waals surface area contributed by atoms with Gasteiger partial charge in [-0.3, -0.25) is 9.97 Å². The van der Waals surface area contributed by atoms with Crippen LogP contribution in [0.1, 0.15) is 0 Å². The predicted octanol–water partition coefficient (Wildman–Crippen LogP) is 1.13. The number of nitrogens with zero attached hydrogens (tertiary/aromatic N) is 2. The van der Waals surface area contributed by atoms with Crippen molar-refractivity contribution in [1.29, 1.82) is 0 Å². The van der Waals surface area contributed by atoms with Crippen molar-refractivity contribution in [1.82, 2.24) is 9.97 Å². The second kappa shape index (κ2) is 10.1. The van der Waals surface area contributed by atoms with Crippen molar-refractivity contribution in [3.8, 4) is 11.4 Å². The summed E-state index contributed by atoms with van der Waals surface area (Å²) >= 11 is 0. The monoisotopic (exact) mass is 262 g/mol. The van der Waals surface area contributed by atoms with Gasteiger partial charge in [0.15, 0.2) is 0 Å². The van der Waals surface area contributed by atoms with Crippen molar-refractivity contribution in [3.05, 3.63) is 48.8 Å². The molecule has 102 valence electrons. The fraction of sp³-hybridized carbons (Fsp3) is 0.286. The highest BCUT2D eigenvalue weighted by Crippen LogP contribution is 2.10. The van der Waals surface area contributed by atoms with E-state index in [0.717, 1.165) is 11.4 Å². The molecule has 19 heavy (non-hydrogen) atoms. The first-order valence-electron chi connectivity index (χ1n) is 6.00. The van der Waals surface area contributed by atoms with E-state index in [1.54, 1.807) is 12.4 Å². The maximum atomic E-state index is 8.09. The SMILES string of the molecule is OCCOCCO.c1ccc(-c2ccccn2)nc1. The average molecular weight is 262 g/mol. The second-order valence-corrected chi connectivity index (χ2v) is 3.49. The van der Waals surface area contributed by atoms with Crippen LogP contribution in [-0.4, -0.2) is 46.6 Å². The fourth-order valence-corrected chi connectivity index (χ4v) is 1.26. The molecule has 2 aromatic heterocycles. The van der Waals surface area contributed by atoms with Gasteiger partial charge in [-0.05, 0) is 24.3 Å². The van der Waals surface area contributed by atoms with E-state index in [9.17, 15) is 0 Å². The van der Waals surface area contributed by atoms with Gasteiger partial charge in [0.1, 0.15) is 0 Å². The standard InChI is InChI=1S/C10H8N2.C4H10O3/c1-3-7-11-9(5-1)10-6-2-4-8-12-10;5-1-3-7-4-2-6/h1-8H;5-6H,1-4H2. The van der Waals surface area contributed by atoms with Crippen molar-refractivity contribution in [2.45, 2.75) is 0 Å². The van der Waals surface area contributed by atoms with Crippen molar-refractivity contribution in [2.75, 3.05) is 26.4 Å². The zero-order valence-corrected chi connectivity index (χ0v) is 10.6. The molecule has 0 bridgehead atoms. The molecular formula is C14H18N2O3. The summed E-state index contributed by atoms with van der Waals surface area (Å²) in [6.07, 6.45) is 3.54. The molecule has 2 aromatic rings. The van der Waals surface area contributed by atoms with Crippen LogP contribution in [0.25, 0.3) is 11.4 Å². The van der Waals surface area contributed by atoms with Gasteiger partial charge in [0, 0.05) is 12.4 Å². The molecule has 0 radical (unpaired) electrons. The Bertz CT molecular complexity index is 382. The molecule has 0 aliphatic heterocycles. The Morgan fingerprint density at radius 1 is 0.789 bits per heavy atom. The third kappa shape index (κ3) is 6.61. The summed E-state index contributed by atoms with van der Waals surface area (Å²) in [5, 5.41) is 16.2. The molecule has 0 aliphatic carbocycles. The molecule has 0 aliphatic rings. The fourth-order valence-electron chi connectivity index (χ4n) is 1.26. The van der Waals surface area contributed by atoms with Crippen molar-refractivity contribution in [3.63, 3.8) is 0 Å². The molecule has 0 saturated carbocycles. The van der Waals surface area contributed by atoms with Gasteiger partial charge in [-0.1, -0.05) is 12.1 Å². The minimum atomic E-state index is 0.0278. The van der Waals surface area contributed by atoms with Gasteiger partial charge in [-0.15, -0.1) is 0 Å². The summed E-state index contributed by atoms with van der Waals surface area (Å²) in [7, 11) is 0. The molecule has 0 aromatic carbocycles. The van der Waals surface area contributed by atoms with Crippen LogP contribution in [0.4, 0.5) is 0 Å². The van der Waals surface area contributed by atoms with Crippen LogP contribution in [0.15, 0.2) is 48.8 Å². The first-order valence-corrected chi connectivity index (χ1v) is 6.00. The maximum Gasteiger partial charge on any atom is 0.0886 e. The highest BCUT2D eigenvalue weighted by molar-refractivity contribution is 5.52. The smallest absolute Gasteiger partial charge is 0.0886 e. The van der Waals surface area contributed by atoms with Gasteiger partial charge in [0.25, 0.3) is 0 Å². The lowest BCUT2D eigenvalue weighted by Crippen LogP contribution is -2.03. The lowest BCUT2D eigenvalue weighted by molar-refractivity contribution is 0.0650. The largest absolute Gasteiger partial charge is 0.394 e. The number of ether oxygens (including phenoxy) is 1. The van der Waals surface area contributed by atoms with Gasteiger partial charge in [0.2, 0.25) is 0 Å². The van der Waals surface area contributed by atoms with Gasteiger partial charge in [-0.25, -0.2) is 0 Å². The molecule has 0 saturated heterocycles. The Hall–Kier alpha value is -1.82. The third-order valence-corrected chi connectivity index (χ3v) is 2.06. The normalized spacial score (nSPS) is 9.58. The van der Waals surface area contributed by atoms with Crippen LogP contribution in [0.5, 0.6) is 0 Å². The van der Waals surface area contributed by atoms with Gasteiger partial charge < -0.3 is 14.9 Å². The molecule has 0 spiro atoms. The molecule has 5 nitrogen and oxygen atoms in total. The van der Waals surface area contributed by atoms with Gasteiger partial charge in [-0.2, -0.15) is 0 Å². The summed E-state index contributed by atoms with van der Waals surface area (Å²) in [5.41, 5.74) is 1.83. The van der Waals surface area contributed by atoms with Gasteiger partial charge >= 0.3 is 0 Å². The van der Waals surface area contributed by atoms with E-state index >= 15 is 0 Å². The number of aromatic nitrogens is 2. The van der Waals surface area contributed by atoms with E-state index in [4.69, 9.17) is 10.2 Å². The van der Waals surface area contributed by atoms with E-state index in [-0.39, 0.29) is 13.2 Å². The third-order valence-electron chi connectivity index (χ3n) is 2.06. The molecule has 2 rings (SSSR count). The second-order valence-electron chi connectivity index (χ2n) is 3.49. The number of hydrogen-bond acceptors (Lipinski definition) is 5. The Labute approximate surface area is 112 Å². The van der Waals surface area contributed by atoms with Crippen molar-refractivity contribution >= 4 is 0 Å². The Morgan fingerprint density at radius 2 is 1.26 bits per heavy atom. The quantitative estimate of drug-likeness (QED) is 0.790. The van der Waals surface area contributed by atoms with Crippen LogP contribution in [-0.2, 0) is 4.74 Å². The molecule has 0 atom stereocenters. The molecular weight excluding hydrogens is 244 g/mol. The Kier molecular flexibility index (Phi) is 8.13. The highest BCUT2D eigenvalue weighted by atomic mass is 16.5. The zero-order valence-electron chi connectivity index (χ0n) is 10.6. The topological polar surface area (TPSA) is 75.5 Å². The van der Waals surface area contributed by atoms with E-state index in [1.165, 1.54) is 0 Å². The molecule has 0 fully saturated rings. The average Bonchev–Trinajstić information content (AvgIpc) is 2.50. The number of hydrogen-bond donors (Lipinski definition) is 2. The number of pyridine rings is 2. The molecule has 2 heterocycles. The minimum absolute atomic E-state index is 0.0278. The van der Waals surface area contributed by atoms with Crippen LogP contribution < -0.4 is 0 Å². The number of rotatable bonds is 5. The first kappa shape index (κ1) is 15.2. The predicted molar refractivity (Wildman–Crippen MR) is 72.5 cm³/mol. The lowest BCUT2D eigenvalue weighted by Gasteiger charge is -1.96. The van der Waals surface area contributed by atoms with E-state index in [1.807, 2.05) is 36.4 Å². The van der Waals surface area contributed by atoms with E-state index < -0.39 is 0 Å². The maximum absolute atomic E-state index is 8.09. The van der Waals surface area contributed by atoms with Crippen LogP contribution in [0.2, 0.25) is 0 Å². The number of aliphatic hydroxyl groups is 2. The molecule has 0 amide bonds.